The standard InChI is InChI=1S/C10H16N4O/c1-10(2,3)8(11)12-7-5-6-14(4)9(15)13-7/h5-6H,1-4H3,(H2,11,12,13,15). The fourth-order valence-corrected chi connectivity index (χ4v) is 0.810. The van der Waals surface area contributed by atoms with E-state index in [0.717, 1.165) is 0 Å². The van der Waals surface area contributed by atoms with Gasteiger partial charge < -0.3 is 10.3 Å². The first kappa shape index (κ1) is 11.4. The second kappa shape index (κ2) is 3.84. The highest BCUT2D eigenvalue weighted by atomic mass is 16.1. The van der Waals surface area contributed by atoms with E-state index in [2.05, 4.69) is 9.98 Å². The smallest absolute Gasteiger partial charge is 0.349 e. The zero-order chi connectivity index (χ0) is 11.6. The Morgan fingerprint density at radius 2 is 2.13 bits per heavy atom. The van der Waals surface area contributed by atoms with Gasteiger partial charge in [-0.15, -0.1) is 0 Å². The maximum absolute atomic E-state index is 11.2. The third kappa shape index (κ3) is 2.90. The van der Waals surface area contributed by atoms with Crippen molar-refractivity contribution < 1.29 is 0 Å². The average molecular weight is 208 g/mol. The van der Waals surface area contributed by atoms with Crippen molar-refractivity contribution >= 4 is 11.7 Å². The van der Waals surface area contributed by atoms with E-state index in [9.17, 15) is 4.79 Å². The number of hydrogen-bond donors (Lipinski definition) is 1. The number of aromatic nitrogens is 2. The molecule has 0 bridgehead atoms. The fourth-order valence-electron chi connectivity index (χ4n) is 0.810. The number of aliphatic imine (C=N–C) groups is 1. The summed E-state index contributed by atoms with van der Waals surface area (Å²) in [5.41, 5.74) is 5.22. The molecule has 1 heterocycles. The molecule has 2 N–H and O–H groups in total. The highest BCUT2D eigenvalue weighted by Gasteiger charge is 2.15. The predicted octanol–water partition coefficient (Wildman–Crippen LogP) is 0.815. The summed E-state index contributed by atoms with van der Waals surface area (Å²) < 4.78 is 1.38. The molecule has 0 aromatic carbocycles. The molecular formula is C10H16N4O. The van der Waals surface area contributed by atoms with E-state index in [0.29, 0.717) is 11.7 Å². The first-order chi connectivity index (χ1) is 6.80. The Morgan fingerprint density at radius 3 is 2.60 bits per heavy atom. The van der Waals surface area contributed by atoms with Gasteiger partial charge in [0.15, 0.2) is 5.82 Å². The van der Waals surface area contributed by atoms with E-state index >= 15 is 0 Å². The maximum atomic E-state index is 11.2. The number of rotatable bonds is 1. The lowest BCUT2D eigenvalue weighted by Gasteiger charge is -2.16. The van der Waals surface area contributed by atoms with E-state index in [1.54, 1.807) is 19.3 Å². The third-order valence-electron chi connectivity index (χ3n) is 1.96. The van der Waals surface area contributed by atoms with Crippen LogP contribution >= 0.6 is 0 Å². The van der Waals surface area contributed by atoms with Crippen LogP contribution in [0.5, 0.6) is 0 Å². The minimum absolute atomic E-state index is 0.219. The van der Waals surface area contributed by atoms with Gasteiger partial charge in [-0.25, -0.2) is 9.79 Å². The molecule has 0 saturated heterocycles. The molecule has 0 saturated carbocycles. The van der Waals surface area contributed by atoms with Gasteiger partial charge in [-0.05, 0) is 6.07 Å². The van der Waals surface area contributed by atoms with Crippen LogP contribution in [0.4, 0.5) is 5.82 Å². The Kier molecular flexibility index (Phi) is 2.93. The van der Waals surface area contributed by atoms with Crippen LogP contribution in [0.15, 0.2) is 22.1 Å². The molecule has 0 unspecified atom stereocenters. The number of nitrogens with zero attached hydrogens (tertiary/aromatic N) is 3. The molecule has 0 amide bonds. The van der Waals surface area contributed by atoms with Crippen molar-refractivity contribution in [1.82, 2.24) is 9.55 Å². The van der Waals surface area contributed by atoms with Gasteiger partial charge in [-0.2, -0.15) is 4.98 Å². The maximum Gasteiger partial charge on any atom is 0.349 e. The molecule has 0 atom stereocenters. The normalized spacial score (nSPS) is 12.9. The van der Waals surface area contributed by atoms with Crippen molar-refractivity contribution in [3.8, 4) is 0 Å². The lowest BCUT2D eigenvalue weighted by atomic mass is 9.95. The monoisotopic (exact) mass is 208 g/mol. The van der Waals surface area contributed by atoms with E-state index in [1.165, 1.54) is 4.57 Å². The summed E-state index contributed by atoms with van der Waals surface area (Å²) >= 11 is 0. The lowest BCUT2D eigenvalue weighted by molar-refractivity contribution is 0.584. The minimum Gasteiger partial charge on any atom is -0.387 e. The summed E-state index contributed by atoms with van der Waals surface area (Å²) in [6, 6.07) is 1.65. The summed E-state index contributed by atoms with van der Waals surface area (Å²) in [4.78, 5) is 19.1. The summed E-state index contributed by atoms with van der Waals surface area (Å²) in [6.45, 7) is 5.85. The highest BCUT2D eigenvalue weighted by molar-refractivity contribution is 5.87. The van der Waals surface area contributed by atoms with Crippen LogP contribution in [0.1, 0.15) is 20.8 Å². The van der Waals surface area contributed by atoms with Gasteiger partial charge in [-0.1, -0.05) is 20.8 Å². The molecule has 82 valence electrons. The topological polar surface area (TPSA) is 73.3 Å². The molecular weight excluding hydrogens is 192 g/mol. The number of hydrogen-bond acceptors (Lipinski definition) is 3. The highest BCUT2D eigenvalue weighted by Crippen LogP contribution is 2.15. The quantitative estimate of drug-likeness (QED) is 0.548. The van der Waals surface area contributed by atoms with Crippen molar-refractivity contribution in [2.75, 3.05) is 0 Å². The van der Waals surface area contributed by atoms with Crippen LogP contribution in [0.3, 0.4) is 0 Å². The Morgan fingerprint density at radius 1 is 1.53 bits per heavy atom. The van der Waals surface area contributed by atoms with Gasteiger partial charge >= 0.3 is 5.69 Å². The molecule has 1 aromatic rings. The van der Waals surface area contributed by atoms with Crippen LogP contribution in [-0.2, 0) is 7.05 Å². The van der Waals surface area contributed by atoms with Gasteiger partial charge in [0, 0.05) is 18.7 Å². The molecule has 15 heavy (non-hydrogen) atoms. The van der Waals surface area contributed by atoms with E-state index in [-0.39, 0.29) is 11.1 Å². The van der Waals surface area contributed by atoms with Crippen LogP contribution in [0, 0.1) is 5.41 Å². The molecule has 1 aromatic heterocycles. The predicted molar refractivity (Wildman–Crippen MR) is 60.2 cm³/mol. The molecule has 5 nitrogen and oxygen atoms in total. The van der Waals surface area contributed by atoms with Gasteiger partial charge in [-0.3, -0.25) is 0 Å². The van der Waals surface area contributed by atoms with Crippen LogP contribution in [0.2, 0.25) is 0 Å². The van der Waals surface area contributed by atoms with E-state index in [1.807, 2.05) is 20.8 Å². The van der Waals surface area contributed by atoms with Gasteiger partial charge in [0.1, 0.15) is 5.84 Å². The molecule has 0 fully saturated rings. The number of amidine groups is 1. The molecule has 5 heteroatoms. The summed E-state index contributed by atoms with van der Waals surface area (Å²) in [5.74, 6) is 0.814. The van der Waals surface area contributed by atoms with Crippen LogP contribution in [-0.4, -0.2) is 15.4 Å². The minimum atomic E-state index is -0.335. The summed E-state index contributed by atoms with van der Waals surface area (Å²) in [5, 5.41) is 0. The Balaban J connectivity index is 3.10. The Labute approximate surface area is 88.7 Å². The van der Waals surface area contributed by atoms with Gasteiger partial charge in [0.2, 0.25) is 0 Å². The molecule has 0 spiro atoms. The van der Waals surface area contributed by atoms with Crippen molar-refractivity contribution in [3.63, 3.8) is 0 Å². The summed E-state index contributed by atoms with van der Waals surface area (Å²) in [6.07, 6.45) is 1.62. The molecule has 0 aliphatic rings. The number of nitrogens with two attached hydrogens (primary N) is 1. The van der Waals surface area contributed by atoms with E-state index in [4.69, 9.17) is 5.73 Å². The SMILES string of the molecule is Cn1ccc(N=C(N)C(C)(C)C)nc1=O. The second-order valence-corrected chi connectivity index (χ2v) is 4.43. The Hall–Kier alpha value is -1.65. The first-order valence-electron chi connectivity index (χ1n) is 4.69. The second-order valence-electron chi connectivity index (χ2n) is 4.43. The van der Waals surface area contributed by atoms with Crippen molar-refractivity contribution in [3.05, 3.63) is 22.7 Å². The van der Waals surface area contributed by atoms with Crippen LogP contribution < -0.4 is 11.4 Å². The third-order valence-corrected chi connectivity index (χ3v) is 1.96. The molecule has 1 rings (SSSR count). The summed E-state index contributed by atoms with van der Waals surface area (Å²) in [7, 11) is 1.63. The van der Waals surface area contributed by atoms with E-state index < -0.39 is 0 Å². The molecule has 0 radical (unpaired) electrons. The zero-order valence-corrected chi connectivity index (χ0v) is 9.48. The van der Waals surface area contributed by atoms with Crippen molar-refractivity contribution in [2.24, 2.45) is 23.2 Å². The van der Waals surface area contributed by atoms with Crippen molar-refractivity contribution in [2.45, 2.75) is 20.8 Å². The number of aryl methyl sites for hydroxylation is 1. The van der Waals surface area contributed by atoms with Crippen molar-refractivity contribution in [1.29, 1.82) is 0 Å². The van der Waals surface area contributed by atoms with Gasteiger partial charge in [0.05, 0.1) is 0 Å². The van der Waals surface area contributed by atoms with Gasteiger partial charge in [0.25, 0.3) is 0 Å². The molecule has 0 aliphatic carbocycles. The zero-order valence-electron chi connectivity index (χ0n) is 9.48. The Bertz CT molecular complexity index is 439. The largest absolute Gasteiger partial charge is 0.387 e. The van der Waals surface area contributed by atoms with Crippen LogP contribution in [0.25, 0.3) is 0 Å². The lowest BCUT2D eigenvalue weighted by Crippen LogP contribution is -2.29. The average Bonchev–Trinajstić information content (AvgIpc) is 2.10. The fraction of sp³-hybridized carbons (Fsp3) is 0.500. The molecule has 0 aliphatic heterocycles. The first-order valence-corrected chi connectivity index (χ1v) is 4.69.